The van der Waals surface area contributed by atoms with Crippen LogP contribution in [0.3, 0.4) is 0 Å². The molecule has 220 valence electrons. The molecule has 4 aromatic rings. The Kier molecular flexibility index (Phi) is 8.01. The highest BCUT2D eigenvalue weighted by atomic mass is 35.5. The number of amides is 1. The summed E-state index contributed by atoms with van der Waals surface area (Å²) in [7, 11) is -2.14. The minimum atomic E-state index is -3.84. The molecule has 15 heteroatoms. The number of benzene rings is 1. The van der Waals surface area contributed by atoms with Crippen molar-refractivity contribution < 1.29 is 17.9 Å². The zero-order chi connectivity index (χ0) is 30.2. The lowest BCUT2D eigenvalue weighted by Crippen LogP contribution is -2.32. The van der Waals surface area contributed by atoms with Gasteiger partial charge in [0.1, 0.15) is 17.6 Å². The van der Waals surface area contributed by atoms with E-state index in [1.165, 1.54) is 17.0 Å². The molecule has 1 aliphatic rings. The summed E-state index contributed by atoms with van der Waals surface area (Å²) in [6, 6.07) is 6.27. The Morgan fingerprint density at radius 1 is 1.19 bits per heavy atom. The van der Waals surface area contributed by atoms with Crippen LogP contribution in [0, 0.1) is 6.92 Å². The molecule has 3 aromatic heterocycles. The molecule has 0 aliphatic carbocycles. The van der Waals surface area contributed by atoms with Gasteiger partial charge in [0.25, 0.3) is 11.5 Å². The van der Waals surface area contributed by atoms with E-state index < -0.39 is 22.0 Å². The van der Waals surface area contributed by atoms with E-state index in [2.05, 4.69) is 20.3 Å². The van der Waals surface area contributed by atoms with Crippen LogP contribution in [0.4, 0.5) is 11.6 Å². The minimum Gasteiger partial charge on any atom is -0.485 e. The monoisotopic (exact) mass is 612 g/mol. The van der Waals surface area contributed by atoms with Crippen molar-refractivity contribution >= 4 is 50.1 Å². The number of ether oxygens (including phenoxy) is 1. The third kappa shape index (κ3) is 6.29. The summed E-state index contributed by atoms with van der Waals surface area (Å²) in [5, 5.41) is 3.70. The summed E-state index contributed by atoms with van der Waals surface area (Å²) < 4.78 is 32.8. The molecule has 5 rings (SSSR count). The number of nitrogens with one attached hydrogen (secondary N) is 2. The van der Waals surface area contributed by atoms with E-state index in [-0.39, 0.29) is 28.2 Å². The van der Waals surface area contributed by atoms with E-state index >= 15 is 0 Å². The first-order chi connectivity index (χ1) is 19.9. The highest BCUT2D eigenvalue weighted by molar-refractivity contribution is 7.89. The van der Waals surface area contributed by atoms with Crippen molar-refractivity contribution in [1.82, 2.24) is 29.2 Å². The second-order valence-electron chi connectivity index (χ2n) is 10.2. The molecular formula is C27H29ClN8O5S. The Morgan fingerprint density at radius 3 is 2.64 bits per heavy atom. The standard InChI is InChI=1S/C27H29ClN8O5S/c1-15-9-19(16(2)31-21-5-6-22(28)32-24(21)25(37)34-42(4,39)40)23-20(10-15)26(38)35(3)27(33-23)36-8-7-17(13-36)41-18-11-29-14-30-12-18/h5-6,9-12,14,16-17,31H,7-8,13H2,1-4H3,(H,34,37)/t16-,17-/m1/s1. The molecule has 1 aliphatic heterocycles. The van der Waals surface area contributed by atoms with Crippen LogP contribution < -0.4 is 25.2 Å². The van der Waals surface area contributed by atoms with Crippen molar-refractivity contribution in [3.8, 4) is 5.75 Å². The van der Waals surface area contributed by atoms with Gasteiger partial charge in [-0.15, -0.1) is 0 Å². The molecule has 4 heterocycles. The van der Waals surface area contributed by atoms with E-state index in [1.807, 2.05) is 29.5 Å². The quantitative estimate of drug-likeness (QED) is 0.281. The summed E-state index contributed by atoms with van der Waals surface area (Å²) in [4.78, 5) is 45.3. The third-order valence-corrected chi connectivity index (χ3v) is 7.56. The Balaban J connectivity index is 1.49. The van der Waals surface area contributed by atoms with E-state index in [9.17, 15) is 18.0 Å². The molecule has 1 saturated heterocycles. The second kappa shape index (κ2) is 11.5. The number of sulfonamides is 1. The number of aromatic nitrogens is 5. The Morgan fingerprint density at radius 2 is 1.93 bits per heavy atom. The molecule has 0 radical (unpaired) electrons. The fourth-order valence-electron chi connectivity index (χ4n) is 4.95. The van der Waals surface area contributed by atoms with Crippen LogP contribution in [0.1, 0.15) is 41.0 Å². The number of anilines is 2. The molecule has 0 saturated carbocycles. The van der Waals surface area contributed by atoms with E-state index in [4.69, 9.17) is 21.3 Å². The van der Waals surface area contributed by atoms with Crippen molar-refractivity contribution in [3.05, 3.63) is 75.3 Å². The van der Waals surface area contributed by atoms with Crippen LogP contribution >= 0.6 is 11.6 Å². The lowest BCUT2D eigenvalue weighted by atomic mass is 10.0. The van der Waals surface area contributed by atoms with E-state index in [0.29, 0.717) is 41.3 Å². The number of carbonyl (C=O) groups is 1. The summed E-state index contributed by atoms with van der Waals surface area (Å²) in [6.07, 6.45) is 6.12. The molecule has 0 bridgehead atoms. The number of rotatable bonds is 8. The third-order valence-electron chi connectivity index (χ3n) is 6.79. The summed E-state index contributed by atoms with van der Waals surface area (Å²) in [5.41, 5.74) is 1.94. The van der Waals surface area contributed by atoms with Gasteiger partial charge in [-0.25, -0.2) is 33.1 Å². The van der Waals surface area contributed by atoms with Gasteiger partial charge in [-0.2, -0.15) is 0 Å². The van der Waals surface area contributed by atoms with Gasteiger partial charge >= 0.3 is 0 Å². The Labute approximate surface area is 247 Å². The largest absolute Gasteiger partial charge is 0.485 e. The molecule has 0 unspecified atom stereocenters. The van der Waals surface area contributed by atoms with Crippen molar-refractivity contribution in [2.24, 2.45) is 7.05 Å². The fourth-order valence-corrected chi connectivity index (χ4v) is 5.53. The van der Waals surface area contributed by atoms with Crippen LogP contribution in [0.15, 0.2) is 47.8 Å². The Hall–Kier alpha value is -4.30. The number of nitrogens with zero attached hydrogens (tertiary/aromatic N) is 6. The summed E-state index contributed by atoms with van der Waals surface area (Å²) >= 11 is 6.02. The molecule has 1 amide bonds. The van der Waals surface area contributed by atoms with Crippen molar-refractivity contribution in [2.45, 2.75) is 32.4 Å². The first-order valence-corrected chi connectivity index (χ1v) is 15.3. The number of fused-ring (bicyclic) bond motifs is 1. The van der Waals surface area contributed by atoms with Gasteiger partial charge in [-0.05, 0) is 37.6 Å². The smallest absolute Gasteiger partial charge is 0.285 e. The number of aryl methyl sites for hydroxylation is 1. The topological polar surface area (TPSA) is 161 Å². The summed E-state index contributed by atoms with van der Waals surface area (Å²) in [6.45, 7) is 4.88. The lowest BCUT2D eigenvalue weighted by molar-refractivity contribution is 0.0977. The first-order valence-electron chi connectivity index (χ1n) is 13.0. The predicted octanol–water partition coefficient (Wildman–Crippen LogP) is 2.60. The molecule has 13 nitrogen and oxygen atoms in total. The van der Waals surface area contributed by atoms with Crippen LogP contribution in [0.5, 0.6) is 5.75 Å². The summed E-state index contributed by atoms with van der Waals surface area (Å²) in [5.74, 6) is 0.149. The second-order valence-corrected chi connectivity index (χ2v) is 12.3. The molecule has 2 N–H and O–H groups in total. The van der Waals surface area contributed by atoms with Gasteiger partial charge in [-0.3, -0.25) is 14.2 Å². The van der Waals surface area contributed by atoms with Crippen LogP contribution in [-0.2, 0) is 17.1 Å². The maximum Gasteiger partial charge on any atom is 0.285 e. The molecular weight excluding hydrogens is 584 g/mol. The molecule has 1 fully saturated rings. The highest BCUT2D eigenvalue weighted by Crippen LogP contribution is 2.30. The average molecular weight is 613 g/mol. The van der Waals surface area contributed by atoms with Gasteiger partial charge < -0.3 is 15.0 Å². The first kappa shape index (κ1) is 29.2. The van der Waals surface area contributed by atoms with Gasteiger partial charge in [0.2, 0.25) is 16.0 Å². The van der Waals surface area contributed by atoms with Gasteiger partial charge in [-0.1, -0.05) is 17.7 Å². The average Bonchev–Trinajstić information content (AvgIpc) is 3.39. The normalized spacial score (nSPS) is 15.9. The number of pyridine rings is 1. The molecule has 0 spiro atoms. The molecule has 42 heavy (non-hydrogen) atoms. The number of hydrogen-bond acceptors (Lipinski definition) is 11. The molecule has 2 atom stereocenters. The van der Waals surface area contributed by atoms with Gasteiger partial charge in [0, 0.05) is 25.6 Å². The molecule has 1 aromatic carbocycles. The maximum absolute atomic E-state index is 13.6. The SMILES string of the molecule is Cc1cc([C@@H](C)Nc2ccc(Cl)nc2C(=O)NS(C)(=O)=O)c2nc(N3CC[C@@H](Oc4cncnc4)C3)n(C)c(=O)c2c1. The van der Waals surface area contributed by atoms with E-state index in [1.54, 1.807) is 31.6 Å². The highest BCUT2D eigenvalue weighted by Gasteiger charge is 2.28. The predicted molar refractivity (Wildman–Crippen MR) is 159 cm³/mol. The fraction of sp³-hybridized carbons (Fsp3) is 0.333. The van der Waals surface area contributed by atoms with Crippen molar-refractivity contribution in [2.75, 3.05) is 29.6 Å². The van der Waals surface area contributed by atoms with Crippen LogP contribution in [0.2, 0.25) is 5.15 Å². The van der Waals surface area contributed by atoms with Crippen molar-refractivity contribution in [1.29, 1.82) is 0 Å². The van der Waals surface area contributed by atoms with Crippen LogP contribution in [-0.4, -0.2) is 64.3 Å². The maximum atomic E-state index is 13.6. The minimum absolute atomic E-state index is 0.0235. The Bertz CT molecular complexity index is 1830. The van der Waals surface area contributed by atoms with Gasteiger partial charge in [0.05, 0.1) is 47.8 Å². The zero-order valence-electron chi connectivity index (χ0n) is 23.3. The number of carbonyl (C=O) groups excluding carboxylic acids is 1. The lowest BCUT2D eigenvalue weighted by Gasteiger charge is -2.23. The van der Waals surface area contributed by atoms with Crippen molar-refractivity contribution in [3.63, 3.8) is 0 Å². The van der Waals surface area contributed by atoms with Crippen LogP contribution in [0.25, 0.3) is 10.9 Å². The number of halogens is 1. The zero-order valence-corrected chi connectivity index (χ0v) is 24.9. The number of hydrogen-bond donors (Lipinski definition) is 2. The van der Waals surface area contributed by atoms with Gasteiger partial charge in [0.15, 0.2) is 11.4 Å². The van der Waals surface area contributed by atoms with E-state index in [0.717, 1.165) is 18.2 Å².